The van der Waals surface area contributed by atoms with E-state index in [1.165, 1.54) is 12.8 Å². The molecule has 0 saturated heterocycles. The third-order valence-corrected chi connectivity index (χ3v) is 3.13. The van der Waals surface area contributed by atoms with Gasteiger partial charge in [0.2, 0.25) is 0 Å². The lowest BCUT2D eigenvalue weighted by atomic mass is 9.87. The molecule has 0 spiro atoms. The quantitative estimate of drug-likeness (QED) is 0.521. The molecule has 0 bridgehead atoms. The maximum absolute atomic E-state index is 12.1. The van der Waals surface area contributed by atoms with Gasteiger partial charge < -0.3 is 14.8 Å². The Morgan fingerprint density at radius 3 is 2.14 bits per heavy atom. The molecule has 0 fully saturated rings. The lowest BCUT2D eigenvalue weighted by Crippen LogP contribution is -2.50. The zero-order valence-electron chi connectivity index (χ0n) is 14.2. The zero-order chi connectivity index (χ0) is 16.3. The second kappa shape index (κ2) is 10.5. The van der Waals surface area contributed by atoms with Crippen molar-refractivity contribution in [3.8, 4) is 0 Å². The highest BCUT2D eigenvalue weighted by Gasteiger charge is 2.34. The molecule has 1 atom stereocenters. The fourth-order valence-corrected chi connectivity index (χ4v) is 1.88. The summed E-state index contributed by atoms with van der Waals surface area (Å²) in [6.07, 6.45) is 4.91. The largest absolute Gasteiger partial charge is 0.464 e. The van der Waals surface area contributed by atoms with Gasteiger partial charge in [0.05, 0.1) is 13.2 Å². The molecule has 0 aliphatic heterocycles. The molecule has 124 valence electrons. The van der Waals surface area contributed by atoms with Crippen molar-refractivity contribution in [3.05, 3.63) is 0 Å². The molecule has 1 N–H and O–H groups in total. The first-order valence-corrected chi connectivity index (χ1v) is 7.92. The summed E-state index contributed by atoms with van der Waals surface area (Å²) >= 11 is 0. The maximum Gasteiger partial charge on any atom is 0.407 e. The summed E-state index contributed by atoms with van der Waals surface area (Å²) < 4.78 is 10.1. The molecule has 0 aliphatic rings. The minimum atomic E-state index is -0.702. The van der Waals surface area contributed by atoms with Gasteiger partial charge in [-0.3, -0.25) is 0 Å². The van der Waals surface area contributed by atoms with Gasteiger partial charge in [0.25, 0.3) is 0 Å². The van der Waals surface area contributed by atoms with Crippen LogP contribution in [0.25, 0.3) is 0 Å². The molecule has 21 heavy (non-hydrogen) atoms. The van der Waals surface area contributed by atoms with E-state index in [9.17, 15) is 9.59 Å². The smallest absolute Gasteiger partial charge is 0.407 e. The first-order chi connectivity index (χ1) is 9.82. The number of alkyl carbamates (subject to hydrolysis) is 1. The van der Waals surface area contributed by atoms with E-state index in [2.05, 4.69) is 12.2 Å². The molecule has 0 aromatic heterocycles. The van der Waals surface area contributed by atoms with Crippen molar-refractivity contribution >= 4 is 12.1 Å². The van der Waals surface area contributed by atoms with Gasteiger partial charge in [0.15, 0.2) is 0 Å². The molecular formula is C16H31NO4. The normalized spacial score (nSPS) is 12.6. The van der Waals surface area contributed by atoms with E-state index in [0.717, 1.165) is 19.3 Å². The van der Waals surface area contributed by atoms with Gasteiger partial charge >= 0.3 is 12.1 Å². The Kier molecular flexibility index (Phi) is 9.84. The number of hydrogen-bond acceptors (Lipinski definition) is 4. The zero-order valence-corrected chi connectivity index (χ0v) is 14.2. The fourth-order valence-electron chi connectivity index (χ4n) is 1.88. The second-order valence-corrected chi connectivity index (χ2v) is 6.25. The Hall–Kier alpha value is -1.26. The summed E-state index contributed by atoms with van der Waals surface area (Å²) in [6.45, 7) is 10.2. The van der Waals surface area contributed by atoms with E-state index < -0.39 is 23.5 Å². The van der Waals surface area contributed by atoms with Gasteiger partial charge in [-0.05, 0) is 18.8 Å². The molecule has 0 aromatic carbocycles. The minimum absolute atomic E-state index is 0.273. The maximum atomic E-state index is 12.1. The van der Waals surface area contributed by atoms with E-state index in [0.29, 0.717) is 6.61 Å². The lowest BCUT2D eigenvalue weighted by molar-refractivity contribution is -0.149. The van der Waals surface area contributed by atoms with E-state index >= 15 is 0 Å². The van der Waals surface area contributed by atoms with Crippen LogP contribution in [-0.2, 0) is 14.3 Å². The predicted octanol–water partition coefficient (Wildman–Crippen LogP) is 3.66. The number of amides is 1. The Balaban J connectivity index is 4.24. The number of rotatable bonds is 9. The lowest BCUT2D eigenvalue weighted by Gasteiger charge is -2.29. The number of carbonyl (C=O) groups is 2. The average Bonchev–Trinajstić information content (AvgIpc) is 2.39. The van der Waals surface area contributed by atoms with Crippen molar-refractivity contribution in [1.29, 1.82) is 0 Å². The van der Waals surface area contributed by atoms with Crippen molar-refractivity contribution in [2.75, 3.05) is 13.2 Å². The second-order valence-electron chi connectivity index (χ2n) is 6.25. The molecule has 1 amide bonds. The van der Waals surface area contributed by atoms with Crippen LogP contribution >= 0.6 is 0 Å². The van der Waals surface area contributed by atoms with Gasteiger partial charge in [-0.25, -0.2) is 9.59 Å². The van der Waals surface area contributed by atoms with E-state index in [1.54, 1.807) is 6.92 Å². The van der Waals surface area contributed by atoms with Crippen molar-refractivity contribution < 1.29 is 19.1 Å². The molecule has 0 aliphatic carbocycles. The highest BCUT2D eigenvalue weighted by atomic mass is 16.6. The van der Waals surface area contributed by atoms with Crippen LogP contribution in [0.1, 0.15) is 66.7 Å². The Morgan fingerprint density at radius 1 is 1.00 bits per heavy atom. The monoisotopic (exact) mass is 301 g/mol. The Labute approximate surface area is 128 Å². The molecule has 0 heterocycles. The molecule has 0 radical (unpaired) electrons. The van der Waals surface area contributed by atoms with Crippen LogP contribution in [0.3, 0.4) is 0 Å². The minimum Gasteiger partial charge on any atom is -0.464 e. The fraction of sp³-hybridized carbons (Fsp3) is 0.875. The van der Waals surface area contributed by atoms with Gasteiger partial charge in [-0.15, -0.1) is 0 Å². The Morgan fingerprint density at radius 2 is 1.62 bits per heavy atom. The van der Waals surface area contributed by atoms with Gasteiger partial charge in [-0.1, -0.05) is 53.4 Å². The summed E-state index contributed by atoms with van der Waals surface area (Å²) in [6, 6.07) is -0.702. The summed E-state index contributed by atoms with van der Waals surface area (Å²) in [4.78, 5) is 23.6. The van der Waals surface area contributed by atoms with Crippen LogP contribution in [0, 0.1) is 5.41 Å². The topological polar surface area (TPSA) is 64.6 Å². The predicted molar refractivity (Wildman–Crippen MR) is 83.1 cm³/mol. The molecule has 1 unspecified atom stereocenters. The first-order valence-electron chi connectivity index (χ1n) is 7.92. The number of nitrogens with one attached hydrogen (secondary N) is 1. The highest BCUT2D eigenvalue weighted by Crippen LogP contribution is 2.20. The van der Waals surface area contributed by atoms with Crippen LogP contribution in [0.2, 0.25) is 0 Å². The number of carbonyl (C=O) groups excluding carboxylic acids is 2. The van der Waals surface area contributed by atoms with E-state index in [-0.39, 0.29) is 6.61 Å². The third-order valence-electron chi connectivity index (χ3n) is 3.13. The first kappa shape index (κ1) is 19.7. The highest BCUT2D eigenvalue weighted by molar-refractivity contribution is 5.82. The number of ether oxygens (including phenoxy) is 2. The van der Waals surface area contributed by atoms with Crippen molar-refractivity contribution in [2.24, 2.45) is 5.41 Å². The molecular weight excluding hydrogens is 270 g/mol. The number of hydrogen-bond donors (Lipinski definition) is 1. The van der Waals surface area contributed by atoms with E-state index in [1.807, 2.05) is 20.8 Å². The molecule has 5 heteroatoms. The average molecular weight is 301 g/mol. The third kappa shape index (κ3) is 9.32. The standard InChI is InChI=1S/C16H31NO4/c1-6-8-9-10-11-12-21-14(18)13(16(3,4)5)17-15(19)20-7-2/h13H,6-12H2,1-5H3,(H,17,19). The van der Waals surface area contributed by atoms with Crippen LogP contribution in [0.15, 0.2) is 0 Å². The van der Waals surface area contributed by atoms with Crippen LogP contribution < -0.4 is 5.32 Å². The summed E-state index contributed by atoms with van der Waals surface area (Å²) in [5.41, 5.74) is -0.425. The molecule has 0 aromatic rings. The van der Waals surface area contributed by atoms with Crippen LogP contribution in [0.4, 0.5) is 4.79 Å². The van der Waals surface area contributed by atoms with Crippen LogP contribution in [-0.4, -0.2) is 31.3 Å². The Bertz CT molecular complexity index is 310. The molecule has 5 nitrogen and oxygen atoms in total. The van der Waals surface area contributed by atoms with Gasteiger partial charge in [-0.2, -0.15) is 0 Å². The number of esters is 1. The van der Waals surface area contributed by atoms with Crippen molar-refractivity contribution in [1.82, 2.24) is 5.32 Å². The summed E-state index contributed by atoms with van der Waals surface area (Å²) in [5.74, 6) is -0.397. The van der Waals surface area contributed by atoms with Crippen molar-refractivity contribution in [2.45, 2.75) is 72.8 Å². The van der Waals surface area contributed by atoms with Crippen LogP contribution in [0.5, 0.6) is 0 Å². The molecule has 0 saturated carbocycles. The number of unbranched alkanes of at least 4 members (excludes halogenated alkanes) is 4. The van der Waals surface area contributed by atoms with Gasteiger partial charge in [0.1, 0.15) is 6.04 Å². The summed E-state index contributed by atoms with van der Waals surface area (Å²) in [7, 11) is 0. The SMILES string of the molecule is CCCCCCCOC(=O)C(NC(=O)OCC)C(C)(C)C. The van der Waals surface area contributed by atoms with Gasteiger partial charge in [0, 0.05) is 0 Å². The summed E-state index contributed by atoms with van der Waals surface area (Å²) in [5, 5.41) is 2.58. The van der Waals surface area contributed by atoms with E-state index in [4.69, 9.17) is 9.47 Å². The van der Waals surface area contributed by atoms with Crippen molar-refractivity contribution in [3.63, 3.8) is 0 Å². The molecule has 0 rings (SSSR count).